The Labute approximate surface area is 116 Å². The van der Waals surface area contributed by atoms with Crippen LogP contribution in [0.25, 0.3) is 0 Å². The first kappa shape index (κ1) is 13.2. The summed E-state index contributed by atoms with van der Waals surface area (Å²) in [5.41, 5.74) is 4.35. The Balaban J connectivity index is 1.82. The topological polar surface area (TPSA) is 62.5 Å². The molecule has 0 spiro atoms. The molecular formula is C13H14N4OS. The molecule has 0 saturated heterocycles. The molecule has 2 aromatic rings. The van der Waals surface area contributed by atoms with Crippen molar-refractivity contribution in [1.29, 1.82) is 0 Å². The fourth-order valence-electron chi connectivity index (χ4n) is 1.39. The maximum atomic E-state index is 5.18. The van der Waals surface area contributed by atoms with Gasteiger partial charge >= 0.3 is 0 Å². The van der Waals surface area contributed by atoms with E-state index in [0.29, 0.717) is 11.7 Å². The average Bonchev–Trinajstić information content (AvgIpc) is 2.96. The van der Waals surface area contributed by atoms with Crippen LogP contribution in [-0.4, -0.2) is 15.8 Å². The fraction of sp³-hybridized carbons (Fsp3) is 0.154. The van der Waals surface area contributed by atoms with Crippen LogP contribution >= 0.6 is 12.2 Å². The SMILES string of the molecule is C/C(=N\NC(=S)NCc1ccco1)c1ccccn1. The Morgan fingerprint density at radius 2 is 2.26 bits per heavy atom. The second-order valence-electron chi connectivity index (χ2n) is 3.79. The third-order valence-electron chi connectivity index (χ3n) is 2.36. The van der Waals surface area contributed by atoms with Crippen LogP contribution in [0.3, 0.4) is 0 Å². The lowest BCUT2D eigenvalue weighted by Crippen LogP contribution is -2.32. The van der Waals surface area contributed by atoms with Crippen LogP contribution in [-0.2, 0) is 6.54 Å². The second kappa shape index (κ2) is 6.65. The highest BCUT2D eigenvalue weighted by Crippen LogP contribution is 1.98. The van der Waals surface area contributed by atoms with Gasteiger partial charge in [0.05, 0.1) is 24.2 Å². The molecule has 2 rings (SSSR count). The van der Waals surface area contributed by atoms with Gasteiger partial charge in [-0.3, -0.25) is 10.4 Å². The van der Waals surface area contributed by atoms with E-state index in [-0.39, 0.29) is 0 Å². The van der Waals surface area contributed by atoms with Gasteiger partial charge in [0.1, 0.15) is 5.76 Å². The van der Waals surface area contributed by atoms with E-state index in [9.17, 15) is 0 Å². The monoisotopic (exact) mass is 274 g/mol. The Hall–Kier alpha value is -2.21. The predicted octanol–water partition coefficient (Wildman–Crippen LogP) is 2.06. The molecule has 0 saturated carbocycles. The molecule has 0 atom stereocenters. The normalized spacial score (nSPS) is 11.1. The van der Waals surface area contributed by atoms with Gasteiger partial charge in [0, 0.05) is 6.20 Å². The molecule has 0 fully saturated rings. The van der Waals surface area contributed by atoms with Crippen LogP contribution in [0.2, 0.25) is 0 Å². The number of rotatable bonds is 4. The van der Waals surface area contributed by atoms with Crippen LogP contribution in [0.4, 0.5) is 0 Å². The minimum atomic E-state index is 0.437. The highest BCUT2D eigenvalue weighted by atomic mass is 32.1. The maximum Gasteiger partial charge on any atom is 0.187 e. The van der Waals surface area contributed by atoms with Crippen molar-refractivity contribution in [3.8, 4) is 0 Å². The number of thiocarbonyl (C=S) groups is 1. The van der Waals surface area contributed by atoms with E-state index >= 15 is 0 Å². The lowest BCUT2D eigenvalue weighted by molar-refractivity contribution is 0.502. The number of nitrogens with zero attached hydrogens (tertiary/aromatic N) is 2. The summed E-state index contributed by atoms with van der Waals surface area (Å²) in [5, 5.41) is 7.59. The molecule has 2 heterocycles. The van der Waals surface area contributed by atoms with Crippen LogP contribution in [0.5, 0.6) is 0 Å². The number of hydrazone groups is 1. The predicted molar refractivity (Wildman–Crippen MR) is 77.7 cm³/mol. The number of furan rings is 1. The Bertz CT molecular complexity index is 551. The van der Waals surface area contributed by atoms with Gasteiger partial charge in [0.2, 0.25) is 0 Å². The van der Waals surface area contributed by atoms with Gasteiger partial charge in [-0.25, -0.2) is 0 Å². The van der Waals surface area contributed by atoms with Crippen molar-refractivity contribution < 1.29 is 4.42 Å². The highest BCUT2D eigenvalue weighted by Gasteiger charge is 1.99. The molecule has 5 nitrogen and oxygen atoms in total. The summed E-state index contributed by atoms with van der Waals surface area (Å²) in [4.78, 5) is 4.19. The molecule has 0 unspecified atom stereocenters. The Morgan fingerprint density at radius 3 is 2.95 bits per heavy atom. The van der Waals surface area contributed by atoms with E-state index in [2.05, 4.69) is 20.8 Å². The summed E-state index contributed by atoms with van der Waals surface area (Å²) >= 11 is 5.10. The van der Waals surface area contributed by atoms with Crippen LogP contribution in [0, 0.1) is 0 Å². The molecule has 0 amide bonds. The minimum Gasteiger partial charge on any atom is -0.467 e. The smallest absolute Gasteiger partial charge is 0.187 e. The van der Waals surface area contributed by atoms with E-state index < -0.39 is 0 Å². The van der Waals surface area contributed by atoms with Crippen molar-refractivity contribution >= 4 is 23.0 Å². The molecule has 0 aromatic carbocycles. The quantitative estimate of drug-likeness (QED) is 0.507. The molecule has 0 bridgehead atoms. The molecule has 19 heavy (non-hydrogen) atoms. The van der Waals surface area contributed by atoms with Crippen molar-refractivity contribution in [2.75, 3.05) is 0 Å². The zero-order valence-corrected chi connectivity index (χ0v) is 11.3. The first-order valence-electron chi connectivity index (χ1n) is 5.77. The summed E-state index contributed by atoms with van der Waals surface area (Å²) in [6, 6.07) is 9.36. The van der Waals surface area contributed by atoms with Crippen LogP contribution in [0.15, 0.2) is 52.3 Å². The van der Waals surface area contributed by atoms with Crippen molar-refractivity contribution in [2.45, 2.75) is 13.5 Å². The van der Waals surface area contributed by atoms with E-state index in [1.165, 1.54) is 0 Å². The van der Waals surface area contributed by atoms with E-state index in [1.54, 1.807) is 12.5 Å². The zero-order chi connectivity index (χ0) is 13.5. The Kier molecular flexibility index (Phi) is 4.63. The first-order valence-corrected chi connectivity index (χ1v) is 6.18. The van der Waals surface area contributed by atoms with Crippen molar-refractivity contribution in [1.82, 2.24) is 15.7 Å². The average molecular weight is 274 g/mol. The number of aromatic nitrogens is 1. The molecule has 0 aliphatic rings. The van der Waals surface area contributed by atoms with Crippen molar-refractivity contribution in [3.05, 3.63) is 54.2 Å². The van der Waals surface area contributed by atoms with Gasteiger partial charge in [0.15, 0.2) is 5.11 Å². The summed E-state index contributed by atoms with van der Waals surface area (Å²) < 4.78 is 5.18. The van der Waals surface area contributed by atoms with Gasteiger partial charge in [-0.05, 0) is 43.4 Å². The molecule has 2 aromatic heterocycles. The number of nitrogens with one attached hydrogen (secondary N) is 2. The van der Waals surface area contributed by atoms with Gasteiger partial charge in [-0.15, -0.1) is 0 Å². The van der Waals surface area contributed by atoms with E-state index in [0.717, 1.165) is 17.2 Å². The van der Waals surface area contributed by atoms with Crippen molar-refractivity contribution in [3.63, 3.8) is 0 Å². The van der Waals surface area contributed by atoms with Crippen LogP contribution < -0.4 is 10.7 Å². The van der Waals surface area contributed by atoms with Gasteiger partial charge in [-0.1, -0.05) is 6.07 Å². The van der Waals surface area contributed by atoms with Gasteiger partial charge in [0.25, 0.3) is 0 Å². The zero-order valence-electron chi connectivity index (χ0n) is 10.5. The van der Waals surface area contributed by atoms with Gasteiger partial charge in [-0.2, -0.15) is 5.10 Å². The number of hydrogen-bond donors (Lipinski definition) is 2. The van der Waals surface area contributed by atoms with Crippen molar-refractivity contribution in [2.24, 2.45) is 5.10 Å². The van der Waals surface area contributed by atoms with E-state index in [1.807, 2.05) is 37.3 Å². The molecule has 6 heteroatoms. The molecule has 98 valence electrons. The summed E-state index contributed by atoms with van der Waals surface area (Å²) in [6.07, 6.45) is 3.35. The summed E-state index contributed by atoms with van der Waals surface area (Å²) in [5.74, 6) is 0.814. The lowest BCUT2D eigenvalue weighted by Gasteiger charge is -2.06. The molecular weight excluding hydrogens is 260 g/mol. The first-order chi connectivity index (χ1) is 9.25. The third-order valence-corrected chi connectivity index (χ3v) is 2.60. The molecule has 2 N–H and O–H groups in total. The lowest BCUT2D eigenvalue weighted by atomic mass is 10.3. The van der Waals surface area contributed by atoms with Crippen LogP contribution in [0.1, 0.15) is 18.4 Å². The number of hydrogen-bond acceptors (Lipinski definition) is 4. The van der Waals surface area contributed by atoms with E-state index in [4.69, 9.17) is 16.6 Å². The standard InChI is InChI=1S/C13H14N4OS/c1-10(12-6-2-3-7-14-12)16-17-13(19)15-9-11-5-4-8-18-11/h2-8H,9H2,1H3,(H2,15,17,19)/b16-10+. The number of pyridine rings is 1. The minimum absolute atomic E-state index is 0.437. The fourth-order valence-corrected chi connectivity index (χ4v) is 1.51. The third kappa shape index (κ3) is 4.18. The maximum absolute atomic E-state index is 5.18. The summed E-state index contributed by atoms with van der Waals surface area (Å²) in [6.45, 7) is 2.39. The molecule has 0 aliphatic carbocycles. The largest absolute Gasteiger partial charge is 0.467 e. The Morgan fingerprint density at radius 1 is 1.37 bits per heavy atom. The summed E-state index contributed by atoms with van der Waals surface area (Å²) in [7, 11) is 0. The second-order valence-corrected chi connectivity index (χ2v) is 4.19. The van der Waals surface area contributed by atoms with Gasteiger partial charge < -0.3 is 9.73 Å². The molecule has 0 aliphatic heterocycles. The highest BCUT2D eigenvalue weighted by molar-refractivity contribution is 7.80. The molecule has 0 radical (unpaired) electrons.